The van der Waals surface area contributed by atoms with E-state index in [4.69, 9.17) is 4.74 Å². The van der Waals surface area contributed by atoms with Crippen LogP contribution in [-0.4, -0.2) is 12.6 Å². The van der Waals surface area contributed by atoms with Gasteiger partial charge in [-0.15, -0.1) is 0 Å². The summed E-state index contributed by atoms with van der Waals surface area (Å²) in [7, 11) is 0. The lowest BCUT2D eigenvalue weighted by molar-refractivity contribution is 0.0546. The highest BCUT2D eigenvalue weighted by atomic mass is 16.5. The van der Waals surface area contributed by atoms with Crippen LogP contribution in [-0.2, 0) is 4.74 Å². The largest absolute Gasteiger partial charge is 0.462 e. The number of aryl methyl sites for hydroxylation is 2. The lowest BCUT2D eigenvalue weighted by Crippen LogP contribution is -2.06. The number of hydrogen-bond acceptors (Lipinski definition) is 2. The molecule has 0 saturated carbocycles. The molecule has 1 radical (unpaired) electrons. The number of esters is 1. The van der Waals surface area contributed by atoms with Crippen LogP contribution in [0.2, 0.25) is 0 Å². The fourth-order valence-electron chi connectivity index (χ4n) is 1.21. The Morgan fingerprint density at radius 3 is 2.69 bits per heavy atom. The van der Waals surface area contributed by atoms with E-state index in [1.807, 2.05) is 26.0 Å². The maximum absolute atomic E-state index is 11.3. The maximum Gasteiger partial charge on any atom is 0.338 e. The van der Waals surface area contributed by atoms with Gasteiger partial charge in [-0.25, -0.2) is 4.79 Å². The number of ether oxygens (including phenoxy) is 1. The minimum atomic E-state index is -0.299. The second kappa shape index (κ2) is 4.08. The molecule has 0 aromatic heterocycles. The first kappa shape index (κ1) is 9.78. The normalized spacial score (nSPS) is 9.77. The number of benzene rings is 1. The summed E-state index contributed by atoms with van der Waals surface area (Å²) in [5.74, 6) is -0.299. The van der Waals surface area contributed by atoms with E-state index in [0.717, 1.165) is 11.1 Å². The number of carbonyl (C=O) groups excluding carboxylic acids is 1. The number of rotatable bonds is 2. The van der Waals surface area contributed by atoms with E-state index in [2.05, 4.69) is 6.92 Å². The van der Waals surface area contributed by atoms with Crippen molar-refractivity contribution >= 4 is 5.97 Å². The lowest BCUT2D eigenvalue weighted by Gasteiger charge is -2.05. The summed E-state index contributed by atoms with van der Waals surface area (Å²) in [5.41, 5.74) is 2.70. The standard InChI is InChI=1S/C11H13O2/c1-4-13-11(12)10-6-5-8(2)7-9(10)3/h5-7H,1,4H2,2-3H3. The molecular weight excluding hydrogens is 164 g/mol. The number of hydrogen-bond donors (Lipinski definition) is 0. The molecule has 0 amide bonds. The van der Waals surface area contributed by atoms with Crippen molar-refractivity contribution in [3.8, 4) is 0 Å². The van der Waals surface area contributed by atoms with Gasteiger partial charge < -0.3 is 4.74 Å². The number of carbonyl (C=O) groups is 1. The molecule has 0 aliphatic carbocycles. The SMILES string of the molecule is [CH2]COC(=O)c1ccc(C)cc1C. The van der Waals surface area contributed by atoms with E-state index >= 15 is 0 Å². The van der Waals surface area contributed by atoms with Gasteiger partial charge in [0.1, 0.15) is 0 Å². The van der Waals surface area contributed by atoms with Gasteiger partial charge in [-0.2, -0.15) is 0 Å². The van der Waals surface area contributed by atoms with Gasteiger partial charge in [0.25, 0.3) is 0 Å². The highest BCUT2D eigenvalue weighted by Gasteiger charge is 2.08. The topological polar surface area (TPSA) is 26.3 Å². The van der Waals surface area contributed by atoms with Gasteiger partial charge in [0.15, 0.2) is 0 Å². The molecule has 1 aromatic rings. The average molecular weight is 177 g/mol. The summed E-state index contributed by atoms with van der Waals surface area (Å²) in [4.78, 5) is 11.3. The van der Waals surface area contributed by atoms with Crippen LogP contribution in [0.25, 0.3) is 0 Å². The molecule has 0 heterocycles. The Balaban J connectivity index is 2.95. The Hall–Kier alpha value is -1.31. The molecule has 0 saturated heterocycles. The van der Waals surface area contributed by atoms with E-state index in [0.29, 0.717) is 5.56 Å². The highest BCUT2D eigenvalue weighted by molar-refractivity contribution is 5.91. The van der Waals surface area contributed by atoms with Gasteiger partial charge in [0.05, 0.1) is 12.2 Å². The monoisotopic (exact) mass is 177 g/mol. The molecular formula is C11H13O2. The van der Waals surface area contributed by atoms with E-state index in [9.17, 15) is 4.79 Å². The first-order valence-electron chi connectivity index (χ1n) is 4.18. The molecule has 0 fully saturated rings. The first-order chi connectivity index (χ1) is 6.15. The zero-order valence-electron chi connectivity index (χ0n) is 7.96. The van der Waals surface area contributed by atoms with Gasteiger partial charge >= 0.3 is 5.97 Å². The van der Waals surface area contributed by atoms with Gasteiger partial charge in [-0.05, 0) is 32.4 Å². The molecule has 1 rings (SSSR count). The molecule has 0 bridgehead atoms. The molecule has 2 heteroatoms. The molecule has 0 spiro atoms. The van der Waals surface area contributed by atoms with Crippen molar-refractivity contribution in [1.82, 2.24) is 0 Å². The van der Waals surface area contributed by atoms with Crippen molar-refractivity contribution in [2.75, 3.05) is 6.61 Å². The molecule has 0 N–H and O–H groups in total. The third-order valence-electron chi connectivity index (χ3n) is 1.83. The van der Waals surface area contributed by atoms with Gasteiger partial charge in [0.2, 0.25) is 0 Å². The summed E-state index contributed by atoms with van der Waals surface area (Å²) in [6.45, 7) is 7.51. The fourth-order valence-corrected chi connectivity index (χ4v) is 1.21. The zero-order chi connectivity index (χ0) is 9.84. The second-order valence-corrected chi connectivity index (χ2v) is 2.95. The molecule has 0 atom stereocenters. The van der Waals surface area contributed by atoms with Crippen LogP contribution in [0.5, 0.6) is 0 Å². The van der Waals surface area contributed by atoms with Gasteiger partial charge in [0, 0.05) is 0 Å². The van der Waals surface area contributed by atoms with Crippen LogP contribution < -0.4 is 0 Å². The summed E-state index contributed by atoms with van der Waals surface area (Å²) >= 11 is 0. The second-order valence-electron chi connectivity index (χ2n) is 2.95. The molecule has 0 unspecified atom stereocenters. The Morgan fingerprint density at radius 1 is 1.46 bits per heavy atom. The zero-order valence-corrected chi connectivity index (χ0v) is 7.96. The molecule has 13 heavy (non-hydrogen) atoms. The van der Waals surface area contributed by atoms with Crippen LogP contribution in [0.4, 0.5) is 0 Å². The van der Waals surface area contributed by atoms with Gasteiger partial charge in [-0.1, -0.05) is 17.7 Å². The molecule has 0 aliphatic rings. The summed E-state index contributed by atoms with van der Waals surface area (Å²) < 4.78 is 4.80. The Kier molecular flexibility index (Phi) is 3.07. The van der Waals surface area contributed by atoms with Crippen molar-refractivity contribution in [1.29, 1.82) is 0 Å². The van der Waals surface area contributed by atoms with Crippen molar-refractivity contribution in [2.45, 2.75) is 13.8 Å². The average Bonchev–Trinajstić information content (AvgIpc) is 2.04. The van der Waals surface area contributed by atoms with Crippen molar-refractivity contribution in [3.05, 3.63) is 41.8 Å². The molecule has 0 aliphatic heterocycles. The predicted octanol–water partition coefficient (Wildman–Crippen LogP) is 2.29. The minimum absolute atomic E-state index is 0.173. The lowest BCUT2D eigenvalue weighted by atomic mass is 10.1. The summed E-state index contributed by atoms with van der Waals surface area (Å²) in [6, 6.07) is 5.63. The summed E-state index contributed by atoms with van der Waals surface area (Å²) in [5, 5.41) is 0. The van der Waals surface area contributed by atoms with Gasteiger partial charge in [-0.3, -0.25) is 0 Å². The smallest absolute Gasteiger partial charge is 0.338 e. The molecule has 69 valence electrons. The van der Waals surface area contributed by atoms with Crippen molar-refractivity contribution < 1.29 is 9.53 Å². The molecule has 2 nitrogen and oxygen atoms in total. The maximum atomic E-state index is 11.3. The van der Waals surface area contributed by atoms with E-state index in [-0.39, 0.29) is 12.6 Å². The Bertz CT molecular complexity index is 316. The van der Waals surface area contributed by atoms with E-state index in [1.54, 1.807) is 6.07 Å². The third-order valence-corrected chi connectivity index (χ3v) is 1.83. The highest BCUT2D eigenvalue weighted by Crippen LogP contribution is 2.11. The van der Waals surface area contributed by atoms with Crippen LogP contribution in [0.1, 0.15) is 21.5 Å². The predicted molar refractivity (Wildman–Crippen MR) is 51.6 cm³/mol. The van der Waals surface area contributed by atoms with Crippen molar-refractivity contribution in [2.24, 2.45) is 0 Å². The van der Waals surface area contributed by atoms with Crippen LogP contribution in [0.15, 0.2) is 18.2 Å². The van der Waals surface area contributed by atoms with E-state index < -0.39 is 0 Å². The van der Waals surface area contributed by atoms with Crippen LogP contribution in [0, 0.1) is 20.8 Å². The Labute approximate surface area is 78.5 Å². The quantitative estimate of drug-likeness (QED) is 0.648. The summed E-state index contributed by atoms with van der Waals surface area (Å²) in [6.07, 6.45) is 0. The van der Waals surface area contributed by atoms with Crippen LogP contribution >= 0.6 is 0 Å². The van der Waals surface area contributed by atoms with Crippen molar-refractivity contribution in [3.63, 3.8) is 0 Å². The fraction of sp³-hybridized carbons (Fsp3) is 0.273. The Morgan fingerprint density at radius 2 is 2.15 bits per heavy atom. The minimum Gasteiger partial charge on any atom is -0.462 e. The molecule has 1 aromatic carbocycles. The van der Waals surface area contributed by atoms with Crippen LogP contribution in [0.3, 0.4) is 0 Å². The van der Waals surface area contributed by atoms with E-state index in [1.165, 1.54) is 0 Å². The third kappa shape index (κ3) is 2.31. The first-order valence-corrected chi connectivity index (χ1v) is 4.18.